The highest BCUT2D eigenvalue weighted by Crippen LogP contribution is 2.31. The van der Waals surface area contributed by atoms with Gasteiger partial charge in [-0.3, -0.25) is 4.57 Å². The van der Waals surface area contributed by atoms with Crippen molar-refractivity contribution in [3.63, 3.8) is 0 Å². The van der Waals surface area contributed by atoms with Gasteiger partial charge in [-0.1, -0.05) is 65.8 Å². The van der Waals surface area contributed by atoms with E-state index in [4.69, 9.17) is 17.3 Å². The van der Waals surface area contributed by atoms with Gasteiger partial charge in [-0.15, -0.1) is 10.2 Å². The molecule has 2 aromatic carbocycles. The van der Waals surface area contributed by atoms with Crippen LogP contribution in [0.2, 0.25) is 5.02 Å². The third kappa shape index (κ3) is 4.95. The molecule has 0 radical (unpaired) electrons. The van der Waals surface area contributed by atoms with Crippen LogP contribution in [0.25, 0.3) is 11.4 Å². The maximum absolute atomic E-state index is 6.45. The molecule has 0 saturated carbocycles. The van der Waals surface area contributed by atoms with Gasteiger partial charge in [0.1, 0.15) is 5.82 Å². The van der Waals surface area contributed by atoms with Crippen molar-refractivity contribution in [1.82, 2.24) is 29.7 Å². The molecule has 4 rings (SSSR count). The third-order valence-corrected chi connectivity index (χ3v) is 5.73. The summed E-state index contributed by atoms with van der Waals surface area (Å²) in [5, 5.41) is 10.2. The van der Waals surface area contributed by atoms with E-state index in [2.05, 4.69) is 41.8 Å². The minimum Gasteiger partial charge on any atom is -0.368 e. The minimum absolute atomic E-state index is 0.191. The molecule has 4 aromatic rings. The quantitative estimate of drug-likeness (QED) is 0.423. The lowest BCUT2D eigenvalue weighted by Crippen LogP contribution is -2.16. The number of hydrogen-bond acceptors (Lipinski definition) is 8. The third-order valence-electron chi connectivity index (χ3n) is 4.43. The highest BCUT2D eigenvalue weighted by atomic mass is 35.5. The molecule has 0 amide bonds. The van der Waals surface area contributed by atoms with Crippen molar-refractivity contribution in [2.45, 2.75) is 17.5 Å². The number of nitrogens with two attached hydrogens (primary N) is 1. The molecule has 10 heteroatoms. The zero-order chi connectivity index (χ0) is 21.8. The summed E-state index contributed by atoms with van der Waals surface area (Å²) >= 11 is 7.94. The maximum atomic E-state index is 6.45. The van der Waals surface area contributed by atoms with Crippen LogP contribution in [0.1, 0.15) is 11.4 Å². The van der Waals surface area contributed by atoms with E-state index in [9.17, 15) is 0 Å². The van der Waals surface area contributed by atoms with Crippen molar-refractivity contribution in [2.75, 3.05) is 24.7 Å². The molecule has 0 aliphatic carbocycles. The van der Waals surface area contributed by atoms with E-state index in [-0.39, 0.29) is 5.95 Å². The first kappa shape index (κ1) is 21.1. The minimum atomic E-state index is 0.191. The fourth-order valence-electron chi connectivity index (χ4n) is 2.96. The van der Waals surface area contributed by atoms with Crippen LogP contribution < -0.4 is 10.6 Å². The van der Waals surface area contributed by atoms with E-state index in [0.717, 1.165) is 16.3 Å². The molecule has 0 bridgehead atoms. The number of anilines is 2. The Morgan fingerprint density at radius 3 is 2.45 bits per heavy atom. The number of halogens is 1. The van der Waals surface area contributed by atoms with Crippen molar-refractivity contribution in [1.29, 1.82) is 0 Å². The van der Waals surface area contributed by atoms with Crippen LogP contribution in [0, 0.1) is 0 Å². The van der Waals surface area contributed by atoms with Crippen LogP contribution in [-0.2, 0) is 12.3 Å². The molecular formula is C21H21ClN8S. The smallest absolute Gasteiger partial charge is 0.229 e. The van der Waals surface area contributed by atoms with Crippen molar-refractivity contribution in [2.24, 2.45) is 0 Å². The van der Waals surface area contributed by atoms with E-state index >= 15 is 0 Å². The monoisotopic (exact) mass is 452 g/mol. The molecular weight excluding hydrogens is 432 g/mol. The highest BCUT2D eigenvalue weighted by Gasteiger charge is 2.18. The molecule has 0 aliphatic rings. The number of benzene rings is 2. The second-order valence-electron chi connectivity index (χ2n) is 6.95. The Balaban J connectivity index is 1.67. The number of hydrogen-bond donors (Lipinski definition) is 1. The molecule has 158 valence electrons. The number of thioether (sulfide) groups is 1. The molecule has 0 spiro atoms. The molecule has 8 nitrogen and oxygen atoms in total. The largest absolute Gasteiger partial charge is 0.368 e. The molecule has 0 atom stereocenters. The lowest BCUT2D eigenvalue weighted by molar-refractivity contribution is 0.714. The first-order chi connectivity index (χ1) is 15.0. The van der Waals surface area contributed by atoms with Gasteiger partial charge in [0, 0.05) is 19.7 Å². The predicted molar refractivity (Wildman–Crippen MR) is 124 cm³/mol. The zero-order valence-corrected chi connectivity index (χ0v) is 18.7. The molecule has 2 heterocycles. The van der Waals surface area contributed by atoms with E-state index in [1.807, 2.05) is 56.6 Å². The summed E-state index contributed by atoms with van der Waals surface area (Å²) in [6.07, 6.45) is 0. The summed E-state index contributed by atoms with van der Waals surface area (Å²) < 4.78 is 2.05. The normalized spacial score (nSPS) is 10.9. The lowest BCUT2D eigenvalue weighted by atomic mass is 10.2. The summed E-state index contributed by atoms with van der Waals surface area (Å²) in [4.78, 5) is 14.6. The Hall–Kier alpha value is -3.17. The number of rotatable bonds is 7. The summed E-state index contributed by atoms with van der Waals surface area (Å²) in [7, 11) is 3.72. The van der Waals surface area contributed by atoms with E-state index < -0.39 is 0 Å². The van der Waals surface area contributed by atoms with Crippen LogP contribution in [0.15, 0.2) is 59.8 Å². The fourth-order valence-corrected chi connectivity index (χ4v) is 3.98. The average molecular weight is 453 g/mol. The summed E-state index contributed by atoms with van der Waals surface area (Å²) in [6.45, 7) is 0.610. The average Bonchev–Trinajstić information content (AvgIpc) is 3.15. The Bertz CT molecular complexity index is 1180. The van der Waals surface area contributed by atoms with Crippen LogP contribution >= 0.6 is 23.4 Å². The second-order valence-corrected chi connectivity index (χ2v) is 8.30. The Kier molecular flexibility index (Phi) is 6.34. The summed E-state index contributed by atoms with van der Waals surface area (Å²) in [5.74, 6) is 2.47. The maximum Gasteiger partial charge on any atom is 0.229 e. The fraction of sp³-hybridized carbons (Fsp3) is 0.190. The van der Waals surface area contributed by atoms with Crippen LogP contribution in [0.4, 0.5) is 11.9 Å². The zero-order valence-electron chi connectivity index (χ0n) is 17.1. The van der Waals surface area contributed by atoms with Gasteiger partial charge in [-0.25, -0.2) is 0 Å². The van der Waals surface area contributed by atoms with Gasteiger partial charge in [-0.2, -0.15) is 15.0 Å². The van der Waals surface area contributed by atoms with Gasteiger partial charge in [-0.05, 0) is 17.7 Å². The van der Waals surface area contributed by atoms with Gasteiger partial charge in [0.2, 0.25) is 11.9 Å². The van der Waals surface area contributed by atoms with Gasteiger partial charge < -0.3 is 10.6 Å². The van der Waals surface area contributed by atoms with Crippen molar-refractivity contribution in [3.8, 4) is 11.4 Å². The van der Waals surface area contributed by atoms with E-state index in [0.29, 0.717) is 34.9 Å². The summed E-state index contributed by atoms with van der Waals surface area (Å²) in [5.41, 5.74) is 7.82. The Labute approximate surface area is 189 Å². The number of aromatic nitrogens is 6. The topological polar surface area (TPSA) is 98.6 Å². The molecule has 31 heavy (non-hydrogen) atoms. The van der Waals surface area contributed by atoms with Crippen molar-refractivity contribution in [3.05, 3.63) is 71.0 Å². The first-order valence-corrected chi connectivity index (χ1v) is 10.9. The van der Waals surface area contributed by atoms with Crippen LogP contribution in [0.3, 0.4) is 0 Å². The van der Waals surface area contributed by atoms with Gasteiger partial charge >= 0.3 is 0 Å². The molecule has 2 N–H and O–H groups in total. The van der Waals surface area contributed by atoms with Crippen LogP contribution in [0.5, 0.6) is 0 Å². The number of nitrogen functional groups attached to an aromatic ring is 1. The second kappa shape index (κ2) is 9.32. The lowest BCUT2D eigenvalue weighted by Gasteiger charge is -2.12. The Morgan fingerprint density at radius 1 is 0.968 bits per heavy atom. The molecule has 2 aromatic heterocycles. The molecule has 0 aliphatic heterocycles. The Morgan fingerprint density at radius 2 is 1.71 bits per heavy atom. The first-order valence-electron chi connectivity index (χ1n) is 9.54. The highest BCUT2D eigenvalue weighted by molar-refractivity contribution is 7.98. The van der Waals surface area contributed by atoms with E-state index in [1.54, 1.807) is 4.90 Å². The molecule has 0 unspecified atom stereocenters. The number of nitrogens with zero attached hydrogens (tertiary/aromatic N) is 7. The summed E-state index contributed by atoms with van der Waals surface area (Å²) in [6, 6.07) is 17.8. The van der Waals surface area contributed by atoms with E-state index in [1.165, 1.54) is 11.8 Å². The predicted octanol–water partition coefficient (Wildman–Crippen LogP) is 3.77. The van der Waals surface area contributed by atoms with Gasteiger partial charge in [0.25, 0.3) is 0 Å². The van der Waals surface area contributed by atoms with Gasteiger partial charge in [0.05, 0.1) is 17.3 Å². The standard InChI is InChI=1S/C21H21ClN8S/c1-29(2)20-25-17(24-19(23)26-20)13-31-21-28-27-18(15-10-6-7-11-16(15)22)30(21)12-14-8-4-3-5-9-14/h3-11H,12-13H2,1-2H3,(H2,23,24,25,26). The van der Waals surface area contributed by atoms with Crippen LogP contribution in [-0.4, -0.2) is 43.8 Å². The SMILES string of the molecule is CN(C)c1nc(N)nc(CSc2nnc(-c3ccccc3Cl)n2Cc2ccccc2)n1. The van der Waals surface area contributed by atoms with Crippen molar-refractivity contribution >= 4 is 35.3 Å². The molecule has 0 fully saturated rings. The molecule has 0 saturated heterocycles. The van der Waals surface area contributed by atoms with Crippen molar-refractivity contribution < 1.29 is 0 Å². The van der Waals surface area contributed by atoms with Gasteiger partial charge in [0.15, 0.2) is 11.0 Å².